The molecule has 0 bridgehead atoms. The van der Waals surface area contributed by atoms with Crippen molar-refractivity contribution in [1.29, 1.82) is 0 Å². The molecule has 3 saturated carbocycles. The van der Waals surface area contributed by atoms with Gasteiger partial charge >= 0.3 is 0 Å². The van der Waals surface area contributed by atoms with Crippen LogP contribution in [-0.4, -0.2) is 35.6 Å². The van der Waals surface area contributed by atoms with E-state index in [2.05, 4.69) is 33.8 Å². The second-order valence-corrected chi connectivity index (χ2v) is 12.2. The summed E-state index contributed by atoms with van der Waals surface area (Å²) in [5.74, 6) is 4.23. The summed E-state index contributed by atoms with van der Waals surface area (Å²) < 4.78 is 0. The Morgan fingerprint density at radius 3 is 2.71 bits per heavy atom. The molecule has 176 valence electrons. The molecule has 31 heavy (non-hydrogen) atoms. The van der Waals surface area contributed by atoms with Crippen molar-refractivity contribution in [2.24, 2.45) is 40.4 Å². The highest BCUT2D eigenvalue weighted by molar-refractivity contribution is 5.75. The maximum absolute atomic E-state index is 12.5. The van der Waals surface area contributed by atoms with Crippen LogP contribution in [0.25, 0.3) is 0 Å². The summed E-state index contributed by atoms with van der Waals surface area (Å²) >= 11 is 0. The summed E-state index contributed by atoms with van der Waals surface area (Å²) in [5.41, 5.74) is 2.37. The van der Waals surface area contributed by atoms with E-state index < -0.39 is 0 Å². The van der Waals surface area contributed by atoms with Gasteiger partial charge in [0.25, 0.3) is 0 Å². The van der Waals surface area contributed by atoms with Crippen molar-refractivity contribution in [3.63, 3.8) is 0 Å². The van der Waals surface area contributed by atoms with Gasteiger partial charge in [0, 0.05) is 20.0 Å². The van der Waals surface area contributed by atoms with Crippen LogP contribution >= 0.6 is 0 Å². The zero-order chi connectivity index (χ0) is 22.4. The van der Waals surface area contributed by atoms with E-state index >= 15 is 0 Å². The van der Waals surface area contributed by atoms with Gasteiger partial charge in [-0.3, -0.25) is 4.79 Å². The summed E-state index contributed by atoms with van der Waals surface area (Å²) in [5, 5.41) is 10.2. The van der Waals surface area contributed by atoms with Gasteiger partial charge in [-0.15, -0.1) is 0 Å². The lowest BCUT2D eigenvalue weighted by Crippen LogP contribution is -2.50. The molecule has 8 atom stereocenters. The van der Waals surface area contributed by atoms with Crippen LogP contribution < -0.4 is 0 Å². The number of carbonyl (C=O) groups is 1. The highest BCUT2D eigenvalue weighted by Gasteiger charge is 2.59. The maximum Gasteiger partial charge on any atom is 0.222 e. The maximum atomic E-state index is 12.5. The van der Waals surface area contributed by atoms with Gasteiger partial charge in [0.05, 0.1) is 6.10 Å². The first-order valence-corrected chi connectivity index (χ1v) is 13.3. The number of aliphatic hydroxyl groups is 1. The first kappa shape index (κ1) is 23.3. The number of allylic oxidation sites excluding steroid dienone is 1. The third-order valence-electron chi connectivity index (χ3n) is 10.6. The summed E-state index contributed by atoms with van der Waals surface area (Å²) in [6.45, 7) is 10.6. The topological polar surface area (TPSA) is 40.5 Å². The quantitative estimate of drug-likeness (QED) is 0.510. The first-order chi connectivity index (χ1) is 14.7. The molecular formula is C28H47NO2. The number of fused-ring (bicyclic) bond motifs is 5. The van der Waals surface area contributed by atoms with Crippen LogP contribution in [0, 0.1) is 40.4 Å². The lowest BCUT2D eigenvalue weighted by atomic mass is 9.47. The smallest absolute Gasteiger partial charge is 0.222 e. The van der Waals surface area contributed by atoms with Crippen molar-refractivity contribution >= 4 is 5.91 Å². The molecule has 0 aromatic rings. The molecule has 3 fully saturated rings. The minimum atomic E-state index is -0.111. The van der Waals surface area contributed by atoms with Crippen LogP contribution in [0.15, 0.2) is 11.6 Å². The van der Waals surface area contributed by atoms with Gasteiger partial charge in [-0.2, -0.15) is 0 Å². The molecule has 1 amide bonds. The number of aliphatic hydroxyl groups excluding tert-OH is 1. The minimum Gasteiger partial charge on any atom is -0.393 e. The SMILES string of the molecule is CCCN(C)C(=O)CC[C@@H](C)[C@H]1CC[C@H]2[C@@H]3CC=C4C[C@@H](O)CC[C@]4(C)[C@H]3CC[C@]12C. The molecule has 0 aliphatic heterocycles. The van der Waals surface area contributed by atoms with Gasteiger partial charge in [-0.1, -0.05) is 39.3 Å². The third-order valence-corrected chi connectivity index (χ3v) is 10.6. The Morgan fingerprint density at radius 1 is 1.19 bits per heavy atom. The van der Waals surface area contributed by atoms with Crippen molar-refractivity contribution in [2.75, 3.05) is 13.6 Å². The van der Waals surface area contributed by atoms with E-state index in [1.807, 2.05) is 11.9 Å². The van der Waals surface area contributed by atoms with Crippen molar-refractivity contribution < 1.29 is 9.90 Å². The average Bonchev–Trinajstić information content (AvgIpc) is 3.09. The molecular weight excluding hydrogens is 382 g/mol. The molecule has 1 N–H and O–H groups in total. The second-order valence-electron chi connectivity index (χ2n) is 12.2. The summed E-state index contributed by atoms with van der Waals surface area (Å²) in [7, 11) is 1.96. The lowest BCUT2D eigenvalue weighted by molar-refractivity contribution is -0.130. The predicted molar refractivity (Wildman–Crippen MR) is 128 cm³/mol. The molecule has 0 aromatic carbocycles. The second kappa shape index (κ2) is 8.84. The van der Waals surface area contributed by atoms with Crippen LogP contribution in [-0.2, 0) is 4.79 Å². The van der Waals surface area contributed by atoms with Gasteiger partial charge in [0.1, 0.15) is 0 Å². The number of hydrogen-bond acceptors (Lipinski definition) is 2. The Labute approximate surface area is 191 Å². The molecule has 4 rings (SSSR count). The number of amides is 1. The lowest BCUT2D eigenvalue weighted by Gasteiger charge is -2.58. The largest absolute Gasteiger partial charge is 0.393 e. The van der Waals surface area contributed by atoms with E-state index in [1.165, 1.54) is 38.5 Å². The van der Waals surface area contributed by atoms with Crippen LogP contribution in [0.5, 0.6) is 0 Å². The van der Waals surface area contributed by atoms with Crippen molar-refractivity contribution in [3.8, 4) is 0 Å². The van der Waals surface area contributed by atoms with Crippen molar-refractivity contribution in [2.45, 2.75) is 104 Å². The molecule has 0 unspecified atom stereocenters. The minimum absolute atomic E-state index is 0.111. The molecule has 4 aliphatic rings. The Bertz CT molecular complexity index is 701. The number of hydrogen-bond donors (Lipinski definition) is 1. The fourth-order valence-corrected chi connectivity index (χ4v) is 8.82. The third kappa shape index (κ3) is 4.02. The zero-order valence-electron chi connectivity index (χ0n) is 20.8. The average molecular weight is 430 g/mol. The van der Waals surface area contributed by atoms with Gasteiger partial charge in [0.2, 0.25) is 5.91 Å². The molecule has 4 aliphatic carbocycles. The van der Waals surface area contributed by atoms with Crippen molar-refractivity contribution in [1.82, 2.24) is 4.90 Å². The summed E-state index contributed by atoms with van der Waals surface area (Å²) in [4.78, 5) is 14.4. The number of rotatable bonds is 6. The number of carbonyl (C=O) groups excluding carboxylic acids is 1. The predicted octanol–water partition coefficient (Wildman–Crippen LogP) is 6.21. The Hall–Kier alpha value is -0.830. The Kier molecular flexibility index (Phi) is 6.65. The fraction of sp³-hybridized carbons (Fsp3) is 0.893. The van der Waals surface area contributed by atoms with Crippen LogP contribution in [0.2, 0.25) is 0 Å². The number of nitrogens with zero attached hydrogens (tertiary/aromatic N) is 1. The van der Waals surface area contributed by atoms with E-state index in [-0.39, 0.29) is 6.10 Å². The normalized spacial score (nSPS) is 42.8. The molecule has 0 aromatic heterocycles. The molecule has 0 saturated heterocycles. The van der Waals surface area contributed by atoms with E-state index in [0.717, 1.165) is 55.9 Å². The van der Waals surface area contributed by atoms with Gasteiger partial charge in [-0.25, -0.2) is 0 Å². The molecule has 0 heterocycles. The van der Waals surface area contributed by atoms with E-state index in [4.69, 9.17) is 0 Å². The van der Waals surface area contributed by atoms with Crippen LogP contribution in [0.4, 0.5) is 0 Å². The van der Waals surface area contributed by atoms with Gasteiger partial charge in [0.15, 0.2) is 0 Å². The van der Waals surface area contributed by atoms with E-state index in [9.17, 15) is 9.90 Å². The van der Waals surface area contributed by atoms with E-state index in [0.29, 0.717) is 29.1 Å². The van der Waals surface area contributed by atoms with Crippen molar-refractivity contribution in [3.05, 3.63) is 11.6 Å². The highest BCUT2D eigenvalue weighted by atomic mass is 16.3. The van der Waals surface area contributed by atoms with Gasteiger partial charge < -0.3 is 10.0 Å². The molecule has 0 spiro atoms. The molecule has 3 heteroatoms. The fourth-order valence-electron chi connectivity index (χ4n) is 8.82. The standard InChI is InChI=1S/C28H47NO2/c1-6-17-29(5)26(31)12-7-19(2)23-10-11-24-22-9-8-20-18-21(30)13-15-27(20,3)25(22)14-16-28(23,24)4/h8,19,21-25,30H,6-7,9-18H2,1-5H3/t19-,21+,22+,23-,24+,25+,27+,28-/m1/s1. The van der Waals surface area contributed by atoms with Crippen LogP contribution in [0.3, 0.4) is 0 Å². The first-order valence-electron chi connectivity index (χ1n) is 13.3. The Balaban J connectivity index is 1.44. The Morgan fingerprint density at radius 2 is 1.97 bits per heavy atom. The molecule has 0 radical (unpaired) electrons. The van der Waals surface area contributed by atoms with Gasteiger partial charge in [-0.05, 0) is 105 Å². The van der Waals surface area contributed by atoms with Crippen LogP contribution in [0.1, 0.15) is 98.3 Å². The monoisotopic (exact) mass is 429 g/mol. The zero-order valence-corrected chi connectivity index (χ0v) is 20.8. The van der Waals surface area contributed by atoms with E-state index in [1.54, 1.807) is 5.57 Å². The summed E-state index contributed by atoms with van der Waals surface area (Å²) in [6.07, 6.45) is 15.0. The highest BCUT2D eigenvalue weighted by Crippen LogP contribution is 2.67. The summed E-state index contributed by atoms with van der Waals surface area (Å²) in [6, 6.07) is 0. The molecule has 3 nitrogen and oxygen atoms in total.